The third-order valence-corrected chi connectivity index (χ3v) is 3.25. The van der Waals surface area contributed by atoms with E-state index < -0.39 is 6.10 Å². The van der Waals surface area contributed by atoms with Crippen LogP contribution in [0.2, 0.25) is 0 Å². The molecule has 0 aromatic rings. The van der Waals surface area contributed by atoms with Crippen LogP contribution in [0, 0.1) is 5.92 Å². The first-order chi connectivity index (χ1) is 8.25. The lowest BCUT2D eigenvalue weighted by molar-refractivity contribution is -0.124. The summed E-state index contributed by atoms with van der Waals surface area (Å²) < 4.78 is 5.40. The molecule has 2 fully saturated rings. The predicted octanol–water partition coefficient (Wildman–Crippen LogP) is -0.358. The molecular weight excluding hydrogens is 220 g/mol. The quantitative estimate of drug-likeness (QED) is 0.570. The van der Waals surface area contributed by atoms with Crippen LogP contribution in [0.3, 0.4) is 0 Å². The Morgan fingerprint density at radius 3 is 3.00 bits per heavy atom. The summed E-state index contributed by atoms with van der Waals surface area (Å²) in [4.78, 5) is 11.4. The van der Waals surface area contributed by atoms with Crippen molar-refractivity contribution >= 4 is 5.91 Å². The molecule has 98 valence electrons. The van der Waals surface area contributed by atoms with Crippen molar-refractivity contribution in [2.45, 2.75) is 37.8 Å². The van der Waals surface area contributed by atoms with Gasteiger partial charge in [0.15, 0.2) is 0 Å². The Bertz CT molecular complexity index is 256. The van der Waals surface area contributed by atoms with E-state index in [2.05, 4.69) is 10.6 Å². The average Bonchev–Trinajstić information content (AvgIpc) is 3.12. The van der Waals surface area contributed by atoms with Crippen molar-refractivity contribution in [1.29, 1.82) is 0 Å². The Morgan fingerprint density at radius 2 is 2.29 bits per heavy atom. The first-order valence-corrected chi connectivity index (χ1v) is 6.52. The molecule has 1 saturated carbocycles. The number of hydrogen-bond donors (Lipinski definition) is 3. The lowest BCUT2D eigenvalue weighted by Gasteiger charge is -2.24. The number of aliphatic hydroxyl groups is 1. The molecule has 1 saturated heterocycles. The van der Waals surface area contributed by atoms with E-state index >= 15 is 0 Å². The topological polar surface area (TPSA) is 70.6 Å². The minimum absolute atomic E-state index is 0.0438. The normalized spacial score (nSPS) is 26.6. The number of nitrogens with one attached hydrogen (secondary N) is 2. The number of carbonyl (C=O) groups is 1. The first kappa shape index (κ1) is 12.8. The molecule has 0 bridgehead atoms. The average molecular weight is 242 g/mol. The summed E-state index contributed by atoms with van der Waals surface area (Å²) in [6, 6.07) is -0.151. The Morgan fingerprint density at radius 1 is 1.47 bits per heavy atom. The van der Waals surface area contributed by atoms with Gasteiger partial charge in [0, 0.05) is 19.7 Å². The molecule has 0 radical (unpaired) electrons. The van der Waals surface area contributed by atoms with Crippen molar-refractivity contribution in [3.05, 3.63) is 0 Å². The van der Waals surface area contributed by atoms with Crippen LogP contribution in [0.1, 0.15) is 25.7 Å². The van der Waals surface area contributed by atoms with E-state index in [1.807, 2.05) is 0 Å². The third kappa shape index (κ3) is 4.61. The van der Waals surface area contributed by atoms with Crippen molar-refractivity contribution in [3.8, 4) is 0 Å². The van der Waals surface area contributed by atoms with Crippen LogP contribution in [0.5, 0.6) is 0 Å². The molecule has 5 nitrogen and oxygen atoms in total. The molecule has 2 aliphatic rings. The van der Waals surface area contributed by atoms with Gasteiger partial charge < -0.3 is 20.5 Å². The smallest absolute Gasteiger partial charge is 0.237 e. The molecule has 1 aliphatic heterocycles. The van der Waals surface area contributed by atoms with Crippen molar-refractivity contribution < 1.29 is 14.6 Å². The maximum absolute atomic E-state index is 11.4. The second-order valence-electron chi connectivity index (χ2n) is 5.03. The fraction of sp³-hybridized carbons (Fsp3) is 0.917. The number of rotatable bonds is 7. The van der Waals surface area contributed by atoms with Crippen LogP contribution in [0.15, 0.2) is 0 Å². The summed E-state index contributed by atoms with van der Waals surface area (Å²) in [7, 11) is 0. The van der Waals surface area contributed by atoms with Crippen LogP contribution in [0.25, 0.3) is 0 Å². The fourth-order valence-electron chi connectivity index (χ4n) is 1.96. The van der Waals surface area contributed by atoms with Gasteiger partial charge in [0.1, 0.15) is 0 Å². The highest BCUT2D eigenvalue weighted by Gasteiger charge is 2.23. The Kier molecular flexibility index (Phi) is 4.76. The summed E-state index contributed by atoms with van der Waals surface area (Å²) >= 11 is 0. The molecule has 2 atom stereocenters. The molecule has 1 heterocycles. The zero-order valence-electron chi connectivity index (χ0n) is 10.2. The Hall–Kier alpha value is -0.650. The second kappa shape index (κ2) is 6.33. The highest BCUT2D eigenvalue weighted by molar-refractivity contribution is 5.82. The number of carbonyl (C=O) groups excluding carboxylic acids is 1. The van der Waals surface area contributed by atoms with Gasteiger partial charge in [-0.25, -0.2) is 0 Å². The predicted molar refractivity (Wildman–Crippen MR) is 63.6 cm³/mol. The molecule has 1 aliphatic carbocycles. The van der Waals surface area contributed by atoms with Crippen molar-refractivity contribution in [3.63, 3.8) is 0 Å². The highest BCUT2D eigenvalue weighted by atomic mass is 16.5. The maximum atomic E-state index is 11.4. The lowest BCUT2D eigenvalue weighted by Crippen LogP contribution is -2.50. The van der Waals surface area contributed by atoms with Gasteiger partial charge in [-0.15, -0.1) is 0 Å². The summed E-state index contributed by atoms with van der Waals surface area (Å²) in [6.45, 7) is 2.31. The van der Waals surface area contributed by atoms with E-state index in [0.717, 1.165) is 31.9 Å². The molecule has 0 aromatic heterocycles. The van der Waals surface area contributed by atoms with Gasteiger partial charge in [-0.2, -0.15) is 0 Å². The van der Waals surface area contributed by atoms with Gasteiger partial charge in [0.2, 0.25) is 5.91 Å². The summed E-state index contributed by atoms with van der Waals surface area (Å²) in [6.07, 6.45) is 3.84. The van der Waals surface area contributed by atoms with Gasteiger partial charge in [0.05, 0.1) is 18.8 Å². The number of piperidine rings is 1. The van der Waals surface area contributed by atoms with E-state index in [4.69, 9.17) is 4.74 Å². The zero-order chi connectivity index (χ0) is 12.1. The van der Waals surface area contributed by atoms with Crippen molar-refractivity contribution in [1.82, 2.24) is 10.6 Å². The number of aliphatic hydroxyl groups excluding tert-OH is 1. The standard InChI is InChI=1S/C12H22N2O3/c15-10(8-17-7-9-3-4-9)6-14-11-2-1-5-13-12(11)16/h9-11,14-15H,1-8H2,(H,13,16). The zero-order valence-corrected chi connectivity index (χ0v) is 10.2. The molecule has 2 rings (SSSR count). The molecule has 0 aromatic carbocycles. The monoisotopic (exact) mass is 242 g/mol. The number of amides is 1. The largest absolute Gasteiger partial charge is 0.389 e. The van der Waals surface area contributed by atoms with Crippen LogP contribution in [0.4, 0.5) is 0 Å². The number of hydrogen-bond acceptors (Lipinski definition) is 4. The van der Waals surface area contributed by atoms with Gasteiger partial charge in [-0.05, 0) is 31.6 Å². The maximum Gasteiger partial charge on any atom is 0.237 e. The summed E-state index contributed by atoms with van der Waals surface area (Å²) in [5.74, 6) is 0.765. The second-order valence-corrected chi connectivity index (χ2v) is 5.03. The van der Waals surface area contributed by atoms with Crippen LogP contribution in [-0.4, -0.2) is 49.5 Å². The summed E-state index contributed by atoms with van der Waals surface area (Å²) in [5.41, 5.74) is 0. The van der Waals surface area contributed by atoms with E-state index in [0.29, 0.717) is 13.2 Å². The number of ether oxygens (including phenoxy) is 1. The van der Waals surface area contributed by atoms with Crippen LogP contribution >= 0.6 is 0 Å². The molecular formula is C12H22N2O3. The molecule has 0 spiro atoms. The molecule has 5 heteroatoms. The van der Waals surface area contributed by atoms with Crippen molar-refractivity contribution in [2.75, 3.05) is 26.3 Å². The van der Waals surface area contributed by atoms with Gasteiger partial charge in [-0.1, -0.05) is 0 Å². The van der Waals surface area contributed by atoms with Gasteiger partial charge >= 0.3 is 0 Å². The lowest BCUT2D eigenvalue weighted by atomic mass is 10.1. The van der Waals surface area contributed by atoms with E-state index in [1.165, 1.54) is 12.8 Å². The van der Waals surface area contributed by atoms with E-state index in [1.54, 1.807) is 0 Å². The molecule has 17 heavy (non-hydrogen) atoms. The highest BCUT2D eigenvalue weighted by Crippen LogP contribution is 2.28. The minimum atomic E-state index is -0.525. The van der Waals surface area contributed by atoms with Gasteiger partial charge in [0.25, 0.3) is 0 Å². The van der Waals surface area contributed by atoms with Crippen LogP contribution in [-0.2, 0) is 9.53 Å². The third-order valence-electron chi connectivity index (χ3n) is 3.25. The van der Waals surface area contributed by atoms with Gasteiger partial charge in [-0.3, -0.25) is 4.79 Å². The Balaban J connectivity index is 1.54. The van der Waals surface area contributed by atoms with E-state index in [9.17, 15) is 9.90 Å². The molecule has 3 N–H and O–H groups in total. The molecule has 2 unspecified atom stereocenters. The Labute approximate surface area is 102 Å². The fourth-order valence-corrected chi connectivity index (χ4v) is 1.96. The first-order valence-electron chi connectivity index (χ1n) is 6.52. The minimum Gasteiger partial charge on any atom is -0.389 e. The SMILES string of the molecule is O=C1NCCCC1NCC(O)COCC1CC1. The summed E-state index contributed by atoms with van der Waals surface area (Å²) in [5, 5.41) is 15.6. The van der Waals surface area contributed by atoms with Crippen LogP contribution < -0.4 is 10.6 Å². The van der Waals surface area contributed by atoms with E-state index in [-0.39, 0.29) is 11.9 Å². The molecule has 1 amide bonds. The van der Waals surface area contributed by atoms with Crippen molar-refractivity contribution in [2.24, 2.45) is 5.92 Å².